The minimum Gasteiger partial charge on any atom is -0.277 e. The van der Waals surface area contributed by atoms with Crippen LogP contribution in [0.4, 0.5) is 23.2 Å². The highest BCUT2D eigenvalue weighted by Gasteiger charge is 2.30. The molecule has 0 spiro atoms. The van der Waals surface area contributed by atoms with Crippen LogP contribution in [-0.4, -0.2) is 26.1 Å². The van der Waals surface area contributed by atoms with Crippen LogP contribution in [0.2, 0.25) is 0 Å². The molecule has 0 aliphatic rings. The summed E-state index contributed by atoms with van der Waals surface area (Å²) in [6, 6.07) is 1.53. The Morgan fingerprint density at radius 2 is 1.95 bits per heavy atom. The Kier molecular flexibility index (Phi) is 4.62. The maximum absolute atomic E-state index is 13.4. The third-order valence-corrected chi connectivity index (χ3v) is 3.07. The van der Waals surface area contributed by atoms with E-state index in [1.807, 2.05) is 0 Å². The van der Waals surface area contributed by atoms with E-state index < -0.39 is 44.1 Å². The van der Waals surface area contributed by atoms with E-state index in [9.17, 15) is 36.1 Å². The highest BCUT2D eigenvalue weighted by Crippen LogP contribution is 2.20. The Balaban J connectivity index is 2.91. The number of rotatable bonds is 5. The Morgan fingerprint density at radius 3 is 2.40 bits per heavy atom. The van der Waals surface area contributed by atoms with Gasteiger partial charge in [0.15, 0.2) is 6.61 Å². The zero-order valence-corrected chi connectivity index (χ0v) is 10.2. The number of hydrogen-bond donors (Lipinski definition) is 1. The molecule has 1 aromatic rings. The number of nitro benzene ring substituents is 1. The number of nitrogens with one attached hydrogen (secondary N) is 1. The first kappa shape index (κ1) is 16.3. The van der Waals surface area contributed by atoms with Crippen molar-refractivity contribution in [1.29, 1.82) is 0 Å². The normalized spacial score (nSPS) is 12.4. The van der Waals surface area contributed by atoms with Crippen LogP contribution in [0, 0.1) is 15.9 Å². The minimum atomic E-state index is -4.78. The molecule has 12 heteroatoms. The number of hydrogen-bond acceptors (Lipinski definition) is 5. The summed E-state index contributed by atoms with van der Waals surface area (Å²) < 4.78 is 71.4. The van der Waals surface area contributed by atoms with Gasteiger partial charge in [-0.05, 0) is 6.07 Å². The van der Waals surface area contributed by atoms with E-state index in [0.29, 0.717) is 18.2 Å². The Hall–Kier alpha value is -1.79. The third kappa shape index (κ3) is 4.40. The molecule has 0 saturated carbocycles. The van der Waals surface area contributed by atoms with Crippen LogP contribution >= 0.6 is 0 Å². The van der Waals surface area contributed by atoms with Crippen LogP contribution in [0.25, 0.3) is 0 Å². The molecule has 0 atom stereocenters. The summed E-state index contributed by atoms with van der Waals surface area (Å²) in [7, 11) is -4.73. The lowest BCUT2D eigenvalue weighted by molar-refractivity contribution is -0.385. The molecule has 112 valence electrons. The summed E-state index contributed by atoms with van der Waals surface area (Å²) in [5.74, 6) is -1.50. The second-order valence-electron chi connectivity index (χ2n) is 3.36. The molecule has 0 aromatic heterocycles. The van der Waals surface area contributed by atoms with Gasteiger partial charge in [0, 0.05) is 6.07 Å². The second-order valence-corrected chi connectivity index (χ2v) is 4.98. The molecule has 0 heterocycles. The SMILES string of the molecule is O=[N+]([O-])c1ccc(S(=O)(=O)NOCC(F)(F)F)c(F)c1. The summed E-state index contributed by atoms with van der Waals surface area (Å²) in [6.45, 7) is -1.92. The van der Waals surface area contributed by atoms with E-state index in [2.05, 4.69) is 4.84 Å². The number of non-ortho nitro benzene ring substituents is 1. The predicted octanol–water partition coefficient (Wildman–Crippen LogP) is 1.51. The van der Waals surface area contributed by atoms with E-state index in [1.165, 1.54) is 0 Å². The molecule has 0 fully saturated rings. The number of alkyl halides is 3. The molecule has 0 aliphatic carbocycles. The van der Waals surface area contributed by atoms with E-state index in [0.717, 1.165) is 4.89 Å². The Morgan fingerprint density at radius 1 is 1.35 bits per heavy atom. The highest BCUT2D eigenvalue weighted by molar-refractivity contribution is 7.89. The van der Waals surface area contributed by atoms with Crippen LogP contribution in [0.3, 0.4) is 0 Å². The molecule has 1 N–H and O–H groups in total. The van der Waals surface area contributed by atoms with Crippen molar-refractivity contribution in [2.24, 2.45) is 0 Å². The molecule has 0 amide bonds. The van der Waals surface area contributed by atoms with Gasteiger partial charge in [0.05, 0.1) is 11.0 Å². The number of sulfonamides is 1. The van der Waals surface area contributed by atoms with Gasteiger partial charge in [-0.1, -0.05) is 4.89 Å². The topological polar surface area (TPSA) is 98.5 Å². The number of halogens is 4. The van der Waals surface area contributed by atoms with Crippen LogP contribution in [-0.2, 0) is 14.9 Å². The van der Waals surface area contributed by atoms with Crippen molar-refractivity contribution < 1.29 is 35.7 Å². The Labute approximate surface area is 109 Å². The smallest absolute Gasteiger partial charge is 0.277 e. The minimum absolute atomic E-state index is 0.318. The van der Waals surface area contributed by atoms with Crippen molar-refractivity contribution in [1.82, 2.24) is 4.89 Å². The molecular formula is C8H6F4N2O5S. The van der Waals surface area contributed by atoms with E-state index in [-0.39, 0.29) is 0 Å². The molecule has 0 bridgehead atoms. The zero-order valence-electron chi connectivity index (χ0n) is 9.35. The third-order valence-electron chi connectivity index (χ3n) is 1.82. The Bertz CT molecular complexity index is 616. The van der Waals surface area contributed by atoms with Crippen LogP contribution in [0.1, 0.15) is 0 Å². The molecular weight excluding hydrogens is 312 g/mol. The van der Waals surface area contributed by atoms with Crippen LogP contribution in [0.15, 0.2) is 23.1 Å². The molecule has 0 aliphatic heterocycles. The highest BCUT2D eigenvalue weighted by atomic mass is 32.2. The standard InChI is InChI=1S/C8H6F4N2O5S/c9-6-3-5(14(15)16)1-2-7(6)20(17,18)13-19-4-8(10,11)12/h1-3,13H,4H2. The maximum atomic E-state index is 13.4. The second kappa shape index (κ2) is 5.68. The van der Waals surface area contributed by atoms with Crippen LogP contribution in [0.5, 0.6) is 0 Å². The fourth-order valence-electron chi connectivity index (χ4n) is 1.06. The largest absolute Gasteiger partial charge is 0.413 e. The van der Waals surface area contributed by atoms with Gasteiger partial charge >= 0.3 is 6.18 Å². The van der Waals surface area contributed by atoms with E-state index >= 15 is 0 Å². The fraction of sp³-hybridized carbons (Fsp3) is 0.250. The summed E-state index contributed by atoms with van der Waals surface area (Å²) in [4.78, 5) is 13.0. The number of benzene rings is 1. The maximum Gasteiger partial charge on any atom is 0.413 e. The molecule has 1 aromatic carbocycles. The first-order valence-electron chi connectivity index (χ1n) is 4.67. The van der Waals surface area contributed by atoms with E-state index in [4.69, 9.17) is 0 Å². The summed E-state index contributed by atoms with van der Waals surface area (Å²) in [5.41, 5.74) is -0.711. The average molecular weight is 318 g/mol. The van der Waals surface area contributed by atoms with Crippen molar-refractivity contribution in [2.45, 2.75) is 11.1 Å². The van der Waals surface area contributed by atoms with Crippen molar-refractivity contribution in [2.75, 3.05) is 6.61 Å². The summed E-state index contributed by atoms with van der Waals surface area (Å²) in [5, 5.41) is 10.3. The first-order valence-corrected chi connectivity index (χ1v) is 6.15. The van der Waals surface area contributed by atoms with Crippen molar-refractivity contribution in [3.8, 4) is 0 Å². The van der Waals surface area contributed by atoms with Gasteiger partial charge in [-0.2, -0.15) is 13.2 Å². The van der Waals surface area contributed by atoms with Gasteiger partial charge in [-0.25, -0.2) is 12.8 Å². The lowest BCUT2D eigenvalue weighted by Gasteiger charge is -2.09. The zero-order chi connectivity index (χ0) is 15.6. The average Bonchev–Trinajstić information content (AvgIpc) is 2.26. The first-order chi connectivity index (χ1) is 9.03. The lowest BCUT2D eigenvalue weighted by atomic mass is 10.3. The van der Waals surface area contributed by atoms with Crippen molar-refractivity contribution in [3.63, 3.8) is 0 Å². The quantitative estimate of drug-likeness (QED) is 0.504. The van der Waals surface area contributed by atoms with Gasteiger partial charge in [0.25, 0.3) is 15.7 Å². The predicted molar refractivity (Wildman–Crippen MR) is 55.4 cm³/mol. The van der Waals surface area contributed by atoms with Gasteiger partial charge in [-0.15, -0.1) is 0 Å². The van der Waals surface area contributed by atoms with Crippen molar-refractivity contribution >= 4 is 15.7 Å². The number of nitrogens with zero attached hydrogens (tertiary/aromatic N) is 1. The van der Waals surface area contributed by atoms with Gasteiger partial charge < -0.3 is 0 Å². The molecule has 0 radical (unpaired) electrons. The molecule has 0 unspecified atom stereocenters. The molecule has 7 nitrogen and oxygen atoms in total. The van der Waals surface area contributed by atoms with Crippen LogP contribution < -0.4 is 4.89 Å². The monoisotopic (exact) mass is 318 g/mol. The molecule has 0 saturated heterocycles. The van der Waals surface area contributed by atoms with Gasteiger partial charge in [-0.3, -0.25) is 15.0 Å². The number of nitro groups is 1. The molecule has 1 rings (SSSR count). The molecule has 20 heavy (non-hydrogen) atoms. The summed E-state index contributed by atoms with van der Waals surface area (Å²) in [6.07, 6.45) is -4.78. The van der Waals surface area contributed by atoms with E-state index in [1.54, 1.807) is 0 Å². The van der Waals surface area contributed by atoms with Crippen molar-refractivity contribution in [3.05, 3.63) is 34.1 Å². The van der Waals surface area contributed by atoms with Gasteiger partial charge in [0.1, 0.15) is 10.7 Å². The van der Waals surface area contributed by atoms with Gasteiger partial charge in [0.2, 0.25) is 0 Å². The lowest BCUT2D eigenvalue weighted by Crippen LogP contribution is -2.30. The summed E-state index contributed by atoms with van der Waals surface area (Å²) >= 11 is 0. The fourth-order valence-corrected chi connectivity index (χ4v) is 1.92.